The Kier molecular flexibility index (Phi) is 6.53. The molecule has 1 aliphatic carbocycles. The minimum absolute atomic E-state index is 0.0155. The quantitative estimate of drug-likeness (QED) is 0.717. The zero-order chi connectivity index (χ0) is 14.3. The Hall–Kier alpha value is -1.39. The molecule has 0 aromatic carbocycles. The number of ketones is 1. The molecular formula is C14H23NO4. The van der Waals surface area contributed by atoms with Crippen LogP contribution in [0.2, 0.25) is 0 Å². The number of hydrogen-bond acceptors (Lipinski definition) is 3. The predicted octanol–water partition coefficient (Wildman–Crippen LogP) is 1.99. The lowest BCUT2D eigenvalue weighted by Crippen LogP contribution is -2.39. The van der Waals surface area contributed by atoms with Gasteiger partial charge in [-0.1, -0.05) is 19.3 Å². The van der Waals surface area contributed by atoms with Gasteiger partial charge in [0.1, 0.15) is 5.78 Å². The van der Waals surface area contributed by atoms with E-state index in [0.29, 0.717) is 6.42 Å². The molecule has 0 unspecified atom stereocenters. The normalized spacial score (nSPS) is 16.1. The lowest BCUT2D eigenvalue weighted by Gasteiger charge is -2.31. The highest BCUT2D eigenvalue weighted by molar-refractivity contribution is 5.98. The summed E-state index contributed by atoms with van der Waals surface area (Å²) in [6.07, 6.45) is 5.96. The molecule has 0 heterocycles. The highest BCUT2D eigenvalue weighted by Crippen LogP contribution is 2.22. The molecular weight excluding hydrogens is 246 g/mol. The minimum Gasteiger partial charge on any atom is -0.481 e. The number of carbonyl (C=O) groups excluding carboxylic acids is 2. The Morgan fingerprint density at radius 1 is 1.11 bits per heavy atom. The van der Waals surface area contributed by atoms with E-state index >= 15 is 0 Å². The second-order valence-corrected chi connectivity index (χ2v) is 5.26. The van der Waals surface area contributed by atoms with Gasteiger partial charge in [-0.2, -0.15) is 0 Å². The maximum absolute atomic E-state index is 11.9. The second-order valence-electron chi connectivity index (χ2n) is 5.26. The number of hydrogen-bond donors (Lipinski definition) is 1. The van der Waals surface area contributed by atoms with Crippen LogP contribution in [0.5, 0.6) is 0 Å². The lowest BCUT2D eigenvalue weighted by atomic mass is 9.94. The van der Waals surface area contributed by atoms with Gasteiger partial charge >= 0.3 is 5.97 Å². The van der Waals surface area contributed by atoms with Crippen molar-refractivity contribution in [3.05, 3.63) is 0 Å². The zero-order valence-electron chi connectivity index (χ0n) is 11.6. The first-order valence-electron chi connectivity index (χ1n) is 7.00. The molecule has 0 aliphatic heterocycles. The Balaban J connectivity index is 2.28. The van der Waals surface area contributed by atoms with Gasteiger partial charge in [0.25, 0.3) is 0 Å². The Bertz CT molecular complexity index is 334. The number of aliphatic carboxylic acids is 1. The van der Waals surface area contributed by atoms with E-state index in [1.165, 1.54) is 6.42 Å². The fourth-order valence-electron chi connectivity index (χ4n) is 2.49. The van der Waals surface area contributed by atoms with Crippen LogP contribution in [0.4, 0.5) is 0 Å². The van der Waals surface area contributed by atoms with Crippen LogP contribution < -0.4 is 0 Å². The molecule has 1 aliphatic rings. The van der Waals surface area contributed by atoms with Crippen LogP contribution in [-0.4, -0.2) is 40.8 Å². The summed E-state index contributed by atoms with van der Waals surface area (Å²) >= 11 is 0. The fraction of sp³-hybridized carbons (Fsp3) is 0.786. The molecule has 0 bridgehead atoms. The summed E-state index contributed by atoms with van der Waals surface area (Å²) in [6, 6.07) is 0.271. The molecule has 0 aromatic heterocycles. The lowest BCUT2D eigenvalue weighted by molar-refractivity contribution is -0.137. The number of amides is 1. The summed E-state index contributed by atoms with van der Waals surface area (Å²) in [5.74, 6) is -1.19. The SMILES string of the molecule is CN(C(=O)CC(=O)CCCC(=O)O)C1CCCCC1. The van der Waals surface area contributed by atoms with Crippen molar-refractivity contribution in [2.75, 3.05) is 7.05 Å². The predicted molar refractivity (Wildman–Crippen MR) is 70.8 cm³/mol. The van der Waals surface area contributed by atoms with E-state index in [2.05, 4.69) is 0 Å². The molecule has 5 heteroatoms. The number of carboxylic acid groups (broad SMARTS) is 1. The monoisotopic (exact) mass is 269 g/mol. The van der Waals surface area contributed by atoms with Gasteiger partial charge in [0.05, 0.1) is 6.42 Å². The zero-order valence-corrected chi connectivity index (χ0v) is 11.6. The van der Waals surface area contributed by atoms with E-state index in [4.69, 9.17) is 5.11 Å². The second kappa shape index (κ2) is 7.92. The van der Waals surface area contributed by atoms with Crippen LogP contribution in [0.15, 0.2) is 0 Å². The van der Waals surface area contributed by atoms with Crippen molar-refractivity contribution in [1.29, 1.82) is 0 Å². The summed E-state index contributed by atoms with van der Waals surface area (Å²) in [4.78, 5) is 35.6. The molecule has 108 valence electrons. The van der Waals surface area contributed by atoms with Gasteiger partial charge in [-0.05, 0) is 19.3 Å². The van der Waals surface area contributed by atoms with E-state index in [9.17, 15) is 14.4 Å². The van der Waals surface area contributed by atoms with Crippen molar-refractivity contribution in [3.8, 4) is 0 Å². The van der Waals surface area contributed by atoms with Crippen molar-refractivity contribution < 1.29 is 19.5 Å². The van der Waals surface area contributed by atoms with E-state index in [0.717, 1.165) is 25.7 Å². The van der Waals surface area contributed by atoms with Gasteiger partial charge in [0.2, 0.25) is 5.91 Å². The first-order valence-corrected chi connectivity index (χ1v) is 7.00. The molecule has 1 rings (SSSR count). The maximum Gasteiger partial charge on any atom is 0.303 e. The van der Waals surface area contributed by atoms with E-state index < -0.39 is 5.97 Å². The third-order valence-electron chi connectivity index (χ3n) is 3.71. The van der Waals surface area contributed by atoms with E-state index in [1.54, 1.807) is 11.9 Å². The number of Topliss-reactive ketones (excluding diaryl/α,β-unsaturated/α-hetero) is 1. The van der Waals surface area contributed by atoms with Gasteiger partial charge in [0, 0.05) is 25.9 Å². The van der Waals surface area contributed by atoms with Gasteiger partial charge in [-0.3, -0.25) is 14.4 Å². The molecule has 1 N–H and O–H groups in total. The molecule has 0 atom stereocenters. The van der Waals surface area contributed by atoms with Gasteiger partial charge in [-0.25, -0.2) is 0 Å². The average Bonchev–Trinajstić information content (AvgIpc) is 2.38. The topological polar surface area (TPSA) is 74.7 Å². The third kappa shape index (κ3) is 5.85. The van der Waals surface area contributed by atoms with Gasteiger partial charge in [-0.15, -0.1) is 0 Å². The molecule has 19 heavy (non-hydrogen) atoms. The van der Waals surface area contributed by atoms with Gasteiger partial charge in [0.15, 0.2) is 0 Å². The average molecular weight is 269 g/mol. The highest BCUT2D eigenvalue weighted by atomic mass is 16.4. The maximum atomic E-state index is 11.9. The molecule has 0 radical (unpaired) electrons. The molecule has 1 fully saturated rings. The molecule has 1 saturated carbocycles. The summed E-state index contributed by atoms with van der Waals surface area (Å²) in [6.45, 7) is 0. The molecule has 1 amide bonds. The molecule has 0 aromatic rings. The summed E-state index contributed by atoms with van der Waals surface area (Å²) < 4.78 is 0. The largest absolute Gasteiger partial charge is 0.481 e. The van der Waals surface area contributed by atoms with E-state index in [-0.39, 0.29) is 37.0 Å². The van der Waals surface area contributed by atoms with Crippen LogP contribution in [0.25, 0.3) is 0 Å². The number of carbonyl (C=O) groups is 3. The van der Waals surface area contributed by atoms with Crippen molar-refractivity contribution >= 4 is 17.7 Å². The standard InChI is InChI=1S/C14H23NO4/c1-15(11-6-3-2-4-7-11)13(17)10-12(16)8-5-9-14(18)19/h11H,2-10H2,1H3,(H,18,19). The van der Waals surface area contributed by atoms with Crippen molar-refractivity contribution in [2.45, 2.75) is 63.8 Å². The Labute approximate surface area is 114 Å². The summed E-state index contributed by atoms with van der Waals surface area (Å²) in [5.41, 5.74) is 0. The molecule has 0 saturated heterocycles. The van der Waals surface area contributed by atoms with Crippen LogP contribution in [0.1, 0.15) is 57.8 Å². The van der Waals surface area contributed by atoms with Crippen LogP contribution >= 0.6 is 0 Å². The van der Waals surface area contributed by atoms with E-state index in [1.807, 2.05) is 0 Å². The van der Waals surface area contributed by atoms with Crippen LogP contribution in [-0.2, 0) is 14.4 Å². The molecule has 0 spiro atoms. The van der Waals surface area contributed by atoms with Crippen molar-refractivity contribution in [1.82, 2.24) is 4.90 Å². The van der Waals surface area contributed by atoms with Crippen molar-refractivity contribution in [2.24, 2.45) is 0 Å². The smallest absolute Gasteiger partial charge is 0.303 e. The first kappa shape index (κ1) is 15.7. The number of rotatable bonds is 7. The van der Waals surface area contributed by atoms with Crippen LogP contribution in [0, 0.1) is 0 Å². The number of carboxylic acids is 1. The number of nitrogens with zero attached hydrogens (tertiary/aromatic N) is 1. The van der Waals surface area contributed by atoms with Crippen molar-refractivity contribution in [3.63, 3.8) is 0 Å². The first-order chi connectivity index (χ1) is 9.00. The van der Waals surface area contributed by atoms with Crippen LogP contribution in [0.3, 0.4) is 0 Å². The third-order valence-corrected chi connectivity index (χ3v) is 3.71. The highest BCUT2D eigenvalue weighted by Gasteiger charge is 2.23. The Morgan fingerprint density at radius 3 is 2.32 bits per heavy atom. The van der Waals surface area contributed by atoms with Gasteiger partial charge < -0.3 is 10.0 Å². The minimum atomic E-state index is -0.904. The molecule has 5 nitrogen and oxygen atoms in total. The fourth-order valence-corrected chi connectivity index (χ4v) is 2.49. The summed E-state index contributed by atoms with van der Waals surface area (Å²) in [7, 11) is 1.77. The summed E-state index contributed by atoms with van der Waals surface area (Å²) in [5, 5.41) is 8.48. The Morgan fingerprint density at radius 2 is 1.74 bits per heavy atom.